The lowest BCUT2D eigenvalue weighted by Crippen LogP contribution is -2.44. The number of pyridine rings is 1. The average Bonchev–Trinajstić information content (AvgIpc) is 2.55. The molecule has 124 valence electrons. The van der Waals surface area contributed by atoms with E-state index in [1.807, 2.05) is 11.8 Å². The van der Waals surface area contributed by atoms with E-state index < -0.39 is 11.4 Å². The largest absolute Gasteiger partial charge is 0.477 e. The summed E-state index contributed by atoms with van der Waals surface area (Å²) in [4.78, 5) is 25.6. The Morgan fingerprint density at radius 1 is 1.35 bits per heavy atom. The number of hydrogen-bond donors (Lipinski definition) is 2. The molecule has 1 fully saturated rings. The molecule has 6 nitrogen and oxygen atoms in total. The van der Waals surface area contributed by atoms with E-state index >= 15 is 0 Å². The standard InChI is InChI=1S/C16H20FN3O3/c1-2-19-9-11(16(22)23)15(21)10-7-12(17)14(8-13(10)19)20-5-3-18-4-6-20/h9,18H,2-8H2,1H3,(H,22,23). The maximum Gasteiger partial charge on any atom is 0.341 e. The van der Waals surface area contributed by atoms with Gasteiger partial charge in [0.25, 0.3) is 0 Å². The topological polar surface area (TPSA) is 74.6 Å². The molecule has 0 radical (unpaired) electrons. The number of nitrogens with one attached hydrogen (secondary N) is 1. The van der Waals surface area contributed by atoms with Gasteiger partial charge in [-0.1, -0.05) is 0 Å². The Morgan fingerprint density at radius 2 is 2.04 bits per heavy atom. The number of rotatable bonds is 3. The van der Waals surface area contributed by atoms with Gasteiger partial charge in [-0.2, -0.15) is 0 Å². The molecule has 23 heavy (non-hydrogen) atoms. The Bertz CT molecular complexity index is 733. The first-order valence-corrected chi connectivity index (χ1v) is 7.84. The third kappa shape index (κ3) is 2.76. The minimum Gasteiger partial charge on any atom is -0.477 e. The van der Waals surface area contributed by atoms with Crippen LogP contribution >= 0.6 is 0 Å². The molecule has 0 aromatic carbocycles. The number of carboxylic acid groups (broad SMARTS) is 1. The number of piperazine rings is 1. The second-order valence-electron chi connectivity index (χ2n) is 5.83. The van der Waals surface area contributed by atoms with Gasteiger partial charge in [-0.25, -0.2) is 9.18 Å². The molecular formula is C16H20FN3O3. The van der Waals surface area contributed by atoms with Crippen molar-refractivity contribution in [1.82, 2.24) is 14.8 Å². The zero-order valence-electron chi connectivity index (χ0n) is 13.1. The third-order valence-electron chi connectivity index (χ3n) is 4.55. The van der Waals surface area contributed by atoms with Crippen molar-refractivity contribution in [3.8, 4) is 0 Å². The molecule has 0 amide bonds. The summed E-state index contributed by atoms with van der Waals surface area (Å²) < 4.78 is 16.3. The van der Waals surface area contributed by atoms with E-state index in [1.165, 1.54) is 6.20 Å². The number of carboxylic acids is 1. The minimum atomic E-state index is -1.27. The van der Waals surface area contributed by atoms with Crippen LogP contribution in [0.15, 0.2) is 22.5 Å². The number of fused-ring (bicyclic) bond motifs is 1. The van der Waals surface area contributed by atoms with Crippen LogP contribution in [0, 0.1) is 0 Å². The molecule has 0 spiro atoms. The Morgan fingerprint density at radius 3 is 2.65 bits per heavy atom. The fourth-order valence-corrected chi connectivity index (χ4v) is 3.31. The zero-order chi connectivity index (χ0) is 16.6. The Hall–Kier alpha value is -2.15. The number of halogens is 1. The molecule has 3 rings (SSSR count). The quantitative estimate of drug-likeness (QED) is 0.859. The molecule has 0 atom stereocenters. The van der Waals surface area contributed by atoms with Crippen LogP contribution in [0.3, 0.4) is 0 Å². The zero-order valence-corrected chi connectivity index (χ0v) is 13.1. The summed E-state index contributed by atoms with van der Waals surface area (Å²) in [5.74, 6) is -1.58. The van der Waals surface area contributed by atoms with Crippen molar-refractivity contribution in [2.24, 2.45) is 0 Å². The lowest BCUT2D eigenvalue weighted by molar-refractivity contribution is 0.0694. The maximum absolute atomic E-state index is 14.6. The van der Waals surface area contributed by atoms with Gasteiger partial charge in [-0.15, -0.1) is 0 Å². The first-order chi connectivity index (χ1) is 11.0. The van der Waals surface area contributed by atoms with Gasteiger partial charge in [0.15, 0.2) is 5.43 Å². The molecule has 1 aliphatic heterocycles. The van der Waals surface area contributed by atoms with Crippen LogP contribution in [0.4, 0.5) is 4.39 Å². The summed E-state index contributed by atoms with van der Waals surface area (Å²) in [7, 11) is 0. The number of aromatic nitrogens is 1. The summed E-state index contributed by atoms with van der Waals surface area (Å²) in [6, 6.07) is 0. The second kappa shape index (κ2) is 6.16. The lowest BCUT2D eigenvalue weighted by Gasteiger charge is -2.34. The molecule has 1 aliphatic carbocycles. The Balaban J connectivity index is 2.05. The molecular weight excluding hydrogens is 301 g/mol. The highest BCUT2D eigenvalue weighted by Gasteiger charge is 2.28. The summed E-state index contributed by atoms with van der Waals surface area (Å²) in [6.45, 7) is 5.52. The number of aryl methyl sites for hydroxylation is 1. The van der Waals surface area contributed by atoms with Crippen molar-refractivity contribution in [1.29, 1.82) is 0 Å². The van der Waals surface area contributed by atoms with Gasteiger partial charge >= 0.3 is 5.97 Å². The number of nitrogens with zero attached hydrogens (tertiary/aromatic N) is 2. The Kier molecular flexibility index (Phi) is 4.21. The highest BCUT2D eigenvalue weighted by Crippen LogP contribution is 2.28. The van der Waals surface area contributed by atoms with E-state index in [2.05, 4.69) is 5.32 Å². The van der Waals surface area contributed by atoms with Crippen molar-refractivity contribution < 1.29 is 14.3 Å². The predicted molar refractivity (Wildman–Crippen MR) is 83.3 cm³/mol. The van der Waals surface area contributed by atoms with Crippen molar-refractivity contribution in [3.05, 3.63) is 44.8 Å². The van der Waals surface area contributed by atoms with Crippen molar-refractivity contribution in [2.75, 3.05) is 26.2 Å². The molecule has 2 aliphatic rings. The van der Waals surface area contributed by atoms with E-state index in [-0.39, 0.29) is 23.4 Å². The van der Waals surface area contributed by atoms with Crippen LogP contribution in [0.2, 0.25) is 0 Å². The molecule has 0 unspecified atom stereocenters. The Labute approximate surface area is 133 Å². The van der Waals surface area contributed by atoms with E-state index in [9.17, 15) is 19.1 Å². The average molecular weight is 321 g/mol. The van der Waals surface area contributed by atoms with Gasteiger partial charge in [-0.05, 0) is 6.92 Å². The molecule has 1 aromatic rings. The summed E-state index contributed by atoms with van der Waals surface area (Å²) in [5.41, 5.74) is 0.792. The third-order valence-corrected chi connectivity index (χ3v) is 4.55. The molecule has 1 aromatic heterocycles. The monoisotopic (exact) mass is 321 g/mol. The second-order valence-corrected chi connectivity index (χ2v) is 5.83. The smallest absolute Gasteiger partial charge is 0.341 e. The van der Waals surface area contributed by atoms with Gasteiger partial charge in [0.1, 0.15) is 11.4 Å². The maximum atomic E-state index is 14.6. The van der Waals surface area contributed by atoms with E-state index in [0.717, 1.165) is 31.9 Å². The van der Waals surface area contributed by atoms with Crippen molar-refractivity contribution in [2.45, 2.75) is 26.3 Å². The van der Waals surface area contributed by atoms with E-state index in [4.69, 9.17) is 0 Å². The lowest BCUT2D eigenvalue weighted by atomic mass is 9.95. The van der Waals surface area contributed by atoms with Crippen LogP contribution < -0.4 is 10.7 Å². The first kappa shape index (κ1) is 15.7. The van der Waals surface area contributed by atoms with Gasteiger partial charge in [0, 0.05) is 63.0 Å². The number of carbonyl (C=O) groups is 1. The SMILES string of the molecule is CCn1cc(C(=O)O)c(=O)c2c1CC(N1CCNCC1)=C(F)C2. The van der Waals surface area contributed by atoms with Crippen LogP contribution in [-0.4, -0.2) is 46.7 Å². The number of allylic oxidation sites excluding steroid dienone is 2. The van der Waals surface area contributed by atoms with E-state index in [1.54, 1.807) is 4.57 Å². The van der Waals surface area contributed by atoms with Gasteiger partial charge in [-0.3, -0.25) is 4.79 Å². The molecule has 2 heterocycles. The summed E-state index contributed by atoms with van der Waals surface area (Å²) in [5, 5.41) is 12.4. The van der Waals surface area contributed by atoms with Gasteiger partial charge < -0.3 is 19.9 Å². The van der Waals surface area contributed by atoms with Crippen LogP contribution in [0.5, 0.6) is 0 Å². The summed E-state index contributed by atoms with van der Waals surface area (Å²) >= 11 is 0. The van der Waals surface area contributed by atoms with Crippen LogP contribution in [-0.2, 0) is 19.4 Å². The first-order valence-electron chi connectivity index (χ1n) is 7.84. The van der Waals surface area contributed by atoms with Crippen LogP contribution in [0.1, 0.15) is 28.5 Å². The van der Waals surface area contributed by atoms with E-state index in [0.29, 0.717) is 18.7 Å². The predicted octanol–water partition coefficient (Wildman–Crippen LogP) is 0.751. The summed E-state index contributed by atoms with van der Waals surface area (Å²) in [6.07, 6.45) is 1.60. The highest BCUT2D eigenvalue weighted by atomic mass is 19.1. The minimum absolute atomic E-state index is 0.117. The number of hydrogen-bond acceptors (Lipinski definition) is 4. The van der Waals surface area contributed by atoms with Crippen molar-refractivity contribution in [3.63, 3.8) is 0 Å². The van der Waals surface area contributed by atoms with Gasteiger partial charge in [0.05, 0.1) is 5.70 Å². The molecule has 2 N–H and O–H groups in total. The molecule has 1 saturated heterocycles. The molecule has 0 saturated carbocycles. The fraction of sp³-hybridized carbons (Fsp3) is 0.500. The molecule has 7 heteroatoms. The van der Waals surface area contributed by atoms with Crippen LogP contribution in [0.25, 0.3) is 0 Å². The van der Waals surface area contributed by atoms with Crippen molar-refractivity contribution >= 4 is 5.97 Å². The normalized spacial score (nSPS) is 18.1. The highest BCUT2D eigenvalue weighted by molar-refractivity contribution is 5.87. The van der Waals surface area contributed by atoms with Gasteiger partial charge in [0.2, 0.25) is 0 Å². The number of aromatic carboxylic acids is 1. The fourth-order valence-electron chi connectivity index (χ4n) is 3.31. The molecule has 0 bridgehead atoms.